The first-order valence-corrected chi connectivity index (χ1v) is 8.72. The van der Waals surface area contributed by atoms with Crippen LogP contribution in [-0.4, -0.2) is 35.8 Å². The smallest absolute Gasteiger partial charge is 0.156 e. The van der Waals surface area contributed by atoms with Gasteiger partial charge in [0, 0.05) is 36.3 Å². The molecule has 0 bridgehead atoms. The number of ether oxygens (including phenoxy) is 1. The minimum atomic E-state index is -0.549. The van der Waals surface area contributed by atoms with Crippen LogP contribution in [0.3, 0.4) is 0 Å². The van der Waals surface area contributed by atoms with Gasteiger partial charge >= 0.3 is 0 Å². The number of carbonyl (C=O) groups excluding carboxylic acids is 1. The van der Waals surface area contributed by atoms with Gasteiger partial charge in [-0.1, -0.05) is 6.07 Å². The molecule has 0 spiro atoms. The van der Waals surface area contributed by atoms with Gasteiger partial charge in [0.25, 0.3) is 0 Å². The van der Waals surface area contributed by atoms with Gasteiger partial charge in [0.05, 0.1) is 12.2 Å². The van der Waals surface area contributed by atoms with Gasteiger partial charge in [-0.3, -0.25) is 9.48 Å². The summed E-state index contributed by atoms with van der Waals surface area (Å²) in [6.45, 7) is 6.45. The van der Waals surface area contributed by atoms with E-state index >= 15 is 0 Å². The average Bonchev–Trinajstić information content (AvgIpc) is 3.10. The Morgan fingerprint density at radius 1 is 1.44 bits per heavy atom. The van der Waals surface area contributed by atoms with Crippen molar-refractivity contribution in [3.63, 3.8) is 0 Å². The lowest BCUT2D eigenvalue weighted by atomic mass is 9.84. The molecular formula is C19H24FN3O2. The van der Waals surface area contributed by atoms with Crippen LogP contribution in [0.5, 0.6) is 5.75 Å². The largest absolute Gasteiger partial charge is 0.492 e. The van der Waals surface area contributed by atoms with Crippen LogP contribution in [0.15, 0.2) is 30.5 Å². The summed E-state index contributed by atoms with van der Waals surface area (Å²) in [6.07, 6.45) is 3.30. The van der Waals surface area contributed by atoms with E-state index < -0.39 is 5.82 Å². The summed E-state index contributed by atoms with van der Waals surface area (Å²) < 4.78 is 21.6. The standard InChI is InChI=1S/C19H24FN3O2/c1-13(2)23-18(7-9-22-23)15-10-21-8-6-14(15)12-25-19-5-3-4-17(20)16(19)11-24/h3-5,7,9,11,13-15,21H,6,8,10,12H2,1-2H3. The van der Waals surface area contributed by atoms with E-state index in [4.69, 9.17) is 4.74 Å². The summed E-state index contributed by atoms with van der Waals surface area (Å²) >= 11 is 0. The third-order valence-corrected chi connectivity index (χ3v) is 4.78. The molecule has 0 saturated carbocycles. The summed E-state index contributed by atoms with van der Waals surface area (Å²) in [5, 5.41) is 7.87. The normalized spacial score (nSPS) is 20.6. The van der Waals surface area contributed by atoms with Crippen molar-refractivity contribution in [2.75, 3.05) is 19.7 Å². The highest BCUT2D eigenvalue weighted by Crippen LogP contribution is 2.31. The lowest BCUT2D eigenvalue weighted by molar-refractivity contribution is 0.111. The van der Waals surface area contributed by atoms with E-state index in [0.717, 1.165) is 19.5 Å². The SMILES string of the molecule is CC(C)n1nccc1C1CNCCC1COc1cccc(F)c1C=O. The van der Waals surface area contributed by atoms with Crippen molar-refractivity contribution in [1.29, 1.82) is 0 Å². The second-order valence-electron chi connectivity index (χ2n) is 6.73. The molecule has 1 aliphatic heterocycles. The number of aldehydes is 1. The monoisotopic (exact) mass is 345 g/mol. The van der Waals surface area contributed by atoms with Gasteiger partial charge in [-0.2, -0.15) is 5.10 Å². The Morgan fingerprint density at radius 2 is 2.28 bits per heavy atom. The Labute approximate surface area is 147 Å². The minimum absolute atomic E-state index is 0.0137. The molecule has 1 fully saturated rings. The first kappa shape index (κ1) is 17.6. The highest BCUT2D eigenvalue weighted by atomic mass is 19.1. The number of nitrogens with one attached hydrogen (secondary N) is 1. The molecule has 3 rings (SSSR count). The van der Waals surface area contributed by atoms with Gasteiger partial charge in [0.1, 0.15) is 11.6 Å². The number of carbonyl (C=O) groups is 1. The molecule has 25 heavy (non-hydrogen) atoms. The fourth-order valence-corrected chi connectivity index (χ4v) is 3.46. The summed E-state index contributed by atoms with van der Waals surface area (Å²) in [4.78, 5) is 11.1. The quantitative estimate of drug-likeness (QED) is 0.817. The fourth-order valence-electron chi connectivity index (χ4n) is 3.46. The van der Waals surface area contributed by atoms with E-state index in [9.17, 15) is 9.18 Å². The van der Waals surface area contributed by atoms with Crippen molar-refractivity contribution in [3.8, 4) is 5.75 Å². The van der Waals surface area contributed by atoms with Gasteiger partial charge in [0.15, 0.2) is 6.29 Å². The number of nitrogens with zero attached hydrogens (tertiary/aromatic N) is 2. The van der Waals surface area contributed by atoms with Gasteiger partial charge in [-0.05, 0) is 45.0 Å². The molecule has 1 N–H and O–H groups in total. The van der Waals surface area contributed by atoms with Gasteiger partial charge in [-0.25, -0.2) is 4.39 Å². The number of hydrogen-bond donors (Lipinski definition) is 1. The van der Waals surface area contributed by atoms with Crippen LogP contribution in [-0.2, 0) is 0 Å². The van der Waals surface area contributed by atoms with Crippen molar-refractivity contribution < 1.29 is 13.9 Å². The van der Waals surface area contributed by atoms with Crippen molar-refractivity contribution in [2.24, 2.45) is 5.92 Å². The second-order valence-corrected chi connectivity index (χ2v) is 6.73. The van der Waals surface area contributed by atoms with E-state index in [2.05, 4.69) is 30.3 Å². The highest BCUT2D eigenvalue weighted by Gasteiger charge is 2.30. The first-order chi connectivity index (χ1) is 12.1. The Hall–Kier alpha value is -2.21. The zero-order chi connectivity index (χ0) is 17.8. The number of benzene rings is 1. The Balaban J connectivity index is 1.77. The second kappa shape index (κ2) is 7.78. The molecule has 5 nitrogen and oxygen atoms in total. The van der Waals surface area contributed by atoms with E-state index in [1.807, 2.05) is 10.9 Å². The average molecular weight is 345 g/mol. The van der Waals surface area contributed by atoms with E-state index in [1.54, 1.807) is 12.1 Å². The molecule has 2 heterocycles. The maximum absolute atomic E-state index is 13.7. The van der Waals surface area contributed by atoms with Crippen molar-refractivity contribution in [2.45, 2.75) is 32.2 Å². The van der Waals surface area contributed by atoms with Crippen LogP contribution in [0.2, 0.25) is 0 Å². The van der Waals surface area contributed by atoms with E-state index in [-0.39, 0.29) is 17.4 Å². The number of piperidine rings is 1. The molecule has 1 aromatic carbocycles. The van der Waals surface area contributed by atoms with Crippen LogP contribution in [0.1, 0.15) is 48.3 Å². The molecule has 0 radical (unpaired) electrons. The van der Waals surface area contributed by atoms with Crippen LogP contribution < -0.4 is 10.1 Å². The zero-order valence-electron chi connectivity index (χ0n) is 14.6. The van der Waals surface area contributed by atoms with Crippen LogP contribution in [0.4, 0.5) is 4.39 Å². The molecular weight excluding hydrogens is 321 g/mol. The van der Waals surface area contributed by atoms with Gasteiger partial charge in [-0.15, -0.1) is 0 Å². The third-order valence-electron chi connectivity index (χ3n) is 4.78. The van der Waals surface area contributed by atoms with Crippen molar-refractivity contribution in [1.82, 2.24) is 15.1 Å². The molecule has 6 heteroatoms. The molecule has 2 atom stereocenters. The van der Waals surface area contributed by atoms with Crippen LogP contribution >= 0.6 is 0 Å². The van der Waals surface area contributed by atoms with Crippen LogP contribution in [0, 0.1) is 11.7 Å². The van der Waals surface area contributed by atoms with E-state index in [1.165, 1.54) is 11.8 Å². The summed E-state index contributed by atoms with van der Waals surface area (Å²) in [7, 11) is 0. The van der Waals surface area contributed by atoms with Crippen molar-refractivity contribution in [3.05, 3.63) is 47.5 Å². The number of halogens is 1. The Bertz CT molecular complexity index is 729. The first-order valence-electron chi connectivity index (χ1n) is 8.72. The molecule has 0 aliphatic carbocycles. The van der Waals surface area contributed by atoms with Gasteiger partial charge in [0.2, 0.25) is 0 Å². The van der Waals surface area contributed by atoms with E-state index in [0.29, 0.717) is 24.7 Å². The fraction of sp³-hybridized carbons (Fsp3) is 0.474. The third kappa shape index (κ3) is 3.74. The lowest BCUT2D eigenvalue weighted by Gasteiger charge is -2.33. The van der Waals surface area contributed by atoms with Crippen molar-refractivity contribution >= 4 is 6.29 Å². The maximum atomic E-state index is 13.7. The maximum Gasteiger partial charge on any atom is 0.156 e. The predicted octanol–water partition coefficient (Wildman–Crippen LogP) is 3.19. The zero-order valence-corrected chi connectivity index (χ0v) is 14.6. The molecule has 2 aromatic rings. The topological polar surface area (TPSA) is 56.1 Å². The molecule has 0 amide bonds. The highest BCUT2D eigenvalue weighted by molar-refractivity contribution is 5.79. The molecule has 1 aliphatic rings. The molecule has 1 aromatic heterocycles. The number of aromatic nitrogens is 2. The predicted molar refractivity (Wildman–Crippen MR) is 93.6 cm³/mol. The Morgan fingerprint density at radius 3 is 3.04 bits per heavy atom. The van der Waals surface area contributed by atoms with Crippen LogP contribution in [0.25, 0.3) is 0 Å². The lowest BCUT2D eigenvalue weighted by Crippen LogP contribution is -2.39. The van der Waals surface area contributed by atoms with Gasteiger partial charge < -0.3 is 10.1 Å². The summed E-state index contributed by atoms with van der Waals surface area (Å²) in [5.41, 5.74) is 1.17. The Kier molecular flexibility index (Phi) is 5.48. The molecule has 2 unspecified atom stereocenters. The number of rotatable bonds is 6. The summed E-state index contributed by atoms with van der Waals surface area (Å²) in [5.74, 6) is 0.307. The molecule has 1 saturated heterocycles. The number of hydrogen-bond acceptors (Lipinski definition) is 4. The molecule has 134 valence electrons. The summed E-state index contributed by atoms with van der Waals surface area (Å²) in [6, 6.07) is 6.82. The minimum Gasteiger partial charge on any atom is -0.492 e.